The van der Waals surface area contributed by atoms with E-state index in [1.54, 1.807) is 0 Å². The molecule has 2 rings (SSSR count). The van der Waals surface area contributed by atoms with Crippen molar-refractivity contribution in [2.24, 2.45) is 22.0 Å². The summed E-state index contributed by atoms with van der Waals surface area (Å²) in [5.41, 5.74) is 4.73. The number of hydrogen-bond acceptors (Lipinski definition) is 2. The van der Waals surface area contributed by atoms with E-state index in [4.69, 9.17) is 5.73 Å². The highest BCUT2D eigenvalue weighted by Crippen LogP contribution is 2.71. The van der Waals surface area contributed by atoms with E-state index in [1.165, 1.54) is 0 Å². The van der Waals surface area contributed by atoms with E-state index < -0.39 is 5.41 Å². The standard InChI is InChI=1S/C11H19NO2/c1-9(2)10(3)4-5-11(9,8(12)14)6-7(10)13/h7,13H,4-6H2,1-3H3,(H2,12,14). The highest BCUT2D eigenvalue weighted by Gasteiger charge is 2.71. The largest absolute Gasteiger partial charge is 0.393 e. The lowest BCUT2D eigenvalue weighted by Crippen LogP contribution is -2.44. The molecule has 2 aliphatic carbocycles. The van der Waals surface area contributed by atoms with Crippen LogP contribution in [0.25, 0.3) is 0 Å². The maximum Gasteiger partial charge on any atom is 0.224 e. The number of hydrogen-bond donors (Lipinski definition) is 2. The number of primary amides is 1. The van der Waals surface area contributed by atoms with Gasteiger partial charge >= 0.3 is 0 Å². The van der Waals surface area contributed by atoms with Gasteiger partial charge in [0.1, 0.15) is 0 Å². The van der Waals surface area contributed by atoms with Crippen molar-refractivity contribution in [2.45, 2.75) is 46.1 Å². The third kappa shape index (κ3) is 0.724. The van der Waals surface area contributed by atoms with Crippen molar-refractivity contribution in [3.05, 3.63) is 0 Å². The van der Waals surface area contributed by atoms with Gasteiger partial charge in [-0.1, -0.05) is 20.8 Å². The van der Waals surface area contributed by atoms with Crippen molar-refractivity contribution < 1.29 is 9.90 Å². The molecular weight excluding hydrogens is 178 g/mol. The maximum absolute atomic E-state index is 11.6. The molecule has 0 aliphatic heterocycles. The molecule has 0 spiro atoms. The fourth-order valence-electron chi connectivity index (χ4n) is 3.67. The smallest absolute Gasteiger partial charge is 0.224 e. The summed E-state index contributed by atoms with van der Waals surface area (Å²) in [5, 5.41) is 10.0. The highest BCUT2D eigenvalue weighted by molar-refractivity contribution is 5.83. The third-order valence-corrected chi connectivity index (χ3v) is 5.44. The number of aliphatic hydroxyl groups is 1. The molecule has 3 unspecified atom stereocenters. The van der Waals surface area contributed by atoms with Gasteiger partial charge in [0.2, 0.25) is 5.91 Å². The Labute approximate surface area is 84.7 Å². The van der Waals surface area contributed by atoms with Crippen molar-refractivity contribution in [3.8, 4) is 0 Å². The first-order valence-electron chi connectivity index (χ1n) is 5.26. The Morgan fingerprint density at radius 1 is 1.36 bits per heavy atom. The molecule has 0 aromatic carbocycles. The summed E-state index contributed by atoms with van der Waals surface area (Å²) in [7, 11) is 0. The quantitative estimate of drug-likeness (QED) is 0.660. The van der Waals surface area contributed by atoms with Crippen LogP contribution >= 0.6 is 0 Å². The molecule has 0 radical (unpaired) electrons. The third-order valence-electron chi connectivity index (χ3n) is 5.44. The fraction of sp³-hybridized carbons (Fsp3) is 0.909. The molecule has 2 bridgehead atoms. The highest BCUT2D eigenvalue weighted by atomic mass is 16.3. The van der Waals surface area contributed by atoms with Crippen LogP contribution in [0.2, 0.25) is 0 Å². The molecule has 0 aromatic heterocycles. The summed E-state index contributed by atoms with van der Waals surface area (Å²) in [6, 6.07) is 0. The van der Waals surface area contributed by atoms with E-state index in [1.807, 2.05) is 0 Å². The zero-order valence-corrected chi connectivity index (χ0v) is 9.13. The molecule has 14 heavy (non-hydrogen) atoms. The normalized spacial score (nSPS) is 49.6. The van der Waals surface area contributed by atoms with Crippen LogP contribution in [0.3, 0.4) is 0 Å². The molecule has 0 saturated heterocycles. The van der Waals surface area contributed by atoms with Gasteiger partial charge in [-0.25, -0.2) is 0 Å². The first kappa shape index (κ1) is 9.97. The van der Waals surface area contributed by atoms with E-state index in [0.717, 1.165) is 12.8 Å². The van der Waals surface area contributed by atoms with Crippen molar-refractivity contribution in [1.82, 2.24) is 0 Å². The molecule has 2 aliphatic rings. The van der Waals surface area contributed by atoms with Crippen LogP contribution in [-0.4, -0.2) is 17.1 Å². The Morgan fingerprint density at radius 2 is 1.93 bits per heavy atom. The van der Waals surface area contributed by atoms with E-state index in [9.17, 15) is 9.90 Å². The zero-order chi connectivity index (χ0) is 10.8. The number of aliphatic hydroxyl groups excluding tert-OH is 1. The van der Waals surface area contributed by atoms with E-state index in [2.05, 4.69) is 20.8 Å². The predicted molar refractivity (Wildman–Crippen MR) is 53.4 cm³/mol. The summed E-state index contributed by atoms with van der Waals surface area (Å²) in [4.78, 5) is 11.6. The second kappa shape index (κ2) is 2.32. The average Bonchev–Trinajstić information content (AvgIpc) is 2.34. The van der Waals surface area contributed by atoms with Crippen LogP contribution in [0, 0.1) is 16.2 Å². The molecular formula is C11H19NO2. The molecule has 3 N–H and O–H groups in total. The maximum atomic E-state index is 11.6. The Morgan fingerprint density at radius 3 is 2.14 bits per heavy atom. The molecule has 2 fully saturated rings. The second-order valence-electron chi connectivity index (χ2n) is 5.71. The Kier molecular flexibility index (Phi) is 1.65. The van der Waals surface area contributed by atoms with Gasteiger partial charge in [-0.15, -0.1) is 0 Å². The molecule has 3 heteroatoms. The summed E-state index contributed by atoms with van der Waals surface area (Å²) in [6.07, 6.45) is 1.91. The van der Waals surface area contributed by atoms with E-state index in [-0.39, 0.29) is 22.8 Å². The summed E-state index contributed by atoms with van der Waals surface area (Å²) < 4.78 is 0. The Bertz CT molecular complexity index is 300. The molecule has 1 amide bonds. The van der Waals surface area contributed by atoms with E-state index >= 15 is 0 Å². The minimum Gasteiger partial charge on any atom is -0.393 e. The summed E-state index contributed by atoms with van der Waals surface area (Å²) in [5.74, 6) is -0.234. The molecule has 80 valence electrons. The van der Waals surface area contributed by atoms with Crippen LogP contribution in [0.4, 0.5) is 0 Å². The van der Waals surface area contributed by atoms with Gasteiger partial charge in [0.15, 0.2) is 0 Å². The van der Waals surface area contributed by atoms with Crippen molar-refractivity contribution in [1.29, 1.82) is 0 Å². The van der Waals surface area contributed by atoms with Gasteiger partial charge in [0.05, 0.1) is 11.5 Å². The minimum atomic E-state index is -0.471. The van der Waals surface area contributed by atoms with Crippen LogP contribution < -0.4 is 5.73 Å². The number of carbonyl (C=O) groups is 1. The Balaban J connectivity index is 2.54. The number of fused-ring (bicyclic) bond motifs is 2. The average molecular weight is 197 g/mol. The molecule has 2 saturated carbocycles. The van der Waals surface area contributed by atoms with Gasteiger partial charge in [-0.2, -0.15) is 0 Å². The number of amides is 1. The lowest BCUT2D eigenvalue weighted by molar-refractivity contribution is -0.132. The van der Waals surface area contributed by atoms with Gasteiger partial charge in [-0.05, 0) is 30.1 Å². The van der Waals surface area contributed by atoms with Crippen LogP contribution in [0.5, 0.6) is 0 Å². The molecule has 3 atom stereocenters. The fourth-order valence-corrected chi connectivity index (χ4v) is 3.67. The summed E-state index contributed by atoms with van der Waals surface area (Å²) >= 11 is 0. The lowest BCUT2D eigenvalue weighted by atomic mass is 9.64. The van der Waals surface area contributed by atoms with Gasteiger partial charge in [-0.3, -0.25) is 4.79 Å². The van der Waals surface area contributed by atoms with Gasteiger partial charge in [0.25, 0.3) is 0 Å². The second-order valence-corrected chi connectivity index (χ2v) is 5.71. The van der Waals surface area contributed by atoms with Crippen LogP contribution in [0.1, 0.15) is 40.0 Å². The Hall–Kier alpha value is -0.570. The minimum absolute atomic E-state index is 0.137. The predicted octanol–water partition coefficient (Wildman–Crippen LogP) is 1.05. The zero-order valence-electron chi connectivity index (χ0n) is 9.13. The molecule has 3 nitrogen and oxygen atoms in total. The lowest BCUT2D eigenvalue weighted by Gasteiger charge is -2.39. The molecule has 0 heterocycles. The van der Waals surface area contributed by atoms with Crippen LogP contribution in [0.15, 0.2) is 0 Å². The number of nitrogens with two attached hydrogens (primary N) is 1. The monoisotopic (exact) mass is 197 g/mol. The van der Waals surface area contributed by atoms with Crippen molar-refractivity contribution in [3.63, 3.8) is 0 Å². The number of carbonyl (C=O) groups excluding carboxylic acids is 1. The number of rotatable bonds is 1. The van der Waals surface area contributed by atoms with Gasteiger partial charge < -0.3 is 10.8 Å². The van der Waals surface area contributed by atoms with Gasteiger partial charge in [0, 0.05) is 0 Å². The summed E-state index contributed by atoms with van der Waals surface area (Å²) in [6.45, 7) is 6.22. The topological polar surface area (TPSA) is 63.3 Å². The first-order chi connectivity index (χ1) is 6.28. The SMILES string of the molecule is CC12CCC(C(N)=O)(CC1O)C2(C)C. The van der Waals surface area contributed by atoms with E-state index in [0.29, 0.717) is 6.42 Å². The van der Waals surface area contributed by atoms with Crippen molar-refractivity contribution >= 4 is 5.91 Å². The van der Waals surface area contributed by atoms with Crippen LogP contribution in [-0.2, 0) is 4.79 Å². The van der Waals surface area contributed by atoms with Crippen molar-refractivity contribution in [2.75, 3.05) is 0 Å². The molecule has 0 aromatic rings. The first-order valence-corrected chi connectivity index (χ1v) is 5.26.